The van der Waals surface area contributed by atoms with E-state index in [-0.39, 0.29) is 24.0 Å². The first-order chi connectivity index (χ1) is 13.0. The van der Waals surface area contributed by atoms with Crippen molar-refractivity contribution in [3.05, 3.63) is 53.5 Å². The molecule has 2 N–H and O–H groups in total. The number of pyridine rings is 1. The third-order valence-corrected chi connectivity index (χ3v) is 5.03. The summed E-state index contributed by atoms with van der Waals surface area (Å²) in [5.74, 6) is 1.35. The van der Waals surface area contributed by atoms with Crippen LogP contribution in [0.25, 0.3) is 16.8 Å². The zero-order valence-electron chi connectivity index (χ0n) is 14.7. The monoisotopic (exact) mass is 363 g/mol. The number of benzene rings is 1. The Morgan fingerprint density at radius 2 is 2.00 bits per heavy atom. The smallest absolute Gasteiger partial charge is 0.269 e. The van der Waals surface area contributed by atoms with Gasteiger partial charge in [0.25, 0.3) is 6.71 Å². The van der Waals surface area contributed by atoms with Crippen LogP contribution in [-0.2, 0) is 0 Å². The minimum Gasteiger partial charge on any atom is -0.396 e. The fourth-order valence-corrected chi connectivity index (χ4v) is 3.45. The van der Waals surface area contributed by atoms with Gasteiger partial charge in [-0.3, -0.25) is 4.99 Å². The van der Waals surface area contributed by atoms with Gasteiger partial charge in [-0.2, -0.15) is 0 Å². The number of nitriles is 1. The molecule has 8 heteroatoms. The van der Waals surface area contributed by atoms with Gasteiger partial charge in [0.05, 0.1) is 11.4 Å². The maximum Gasteiger partial charge on any atom is 0.269 e. The maximum atomic E-state index is 14.6. The first-order valence-corrected chi connectivity index (χ1v) is 8.59. The van der Waals surface area contributed by atoms with Crippen molar-refractivity contribution in [3.63, 3.8) is 0 Å². The van der Waals surface area contributed by atoms with Gasteiger partial charge in [-0.05, 0) is 29.7 Å². The van der Waals surface area contributed by atoms with Gasteiger partial charge in [-0.15, -0.1) is 0 Å². The highest BCUT2D eigenvalue weighted by Crippen LogP contribution is 2.37. The second-order valence-corrected chi connectivity index (χ2v) is 6.82. The lowest BCUT2D eigenvalue weighted by molar-refractivity contribution is 0.628. The molecule has 3 aromatic rings. The summed E-state index contributed by atoms with van der Waals surface area (Å²) in [6.07, 6.45) is 6.46. The van der Waals surface area contributed by atoms with Gasteiger partial charge in [0.15, 0.2) is 11.5 Å². The van der Waals surface area contributed by atoms with Gasteiger partial charge in [0.1, 0.15) is 5.82 Å². The number of aliphatic imine (C=N–C) groups is 1. The Hall–Kier alpha value is -3.21. The lowest BCUT2D eigenvalue weighted by Gasteiger charge is -2.25. The van der Waals surface area contributed by atoms with Crippen LogP contribution < -0.4 is 5.73 Å². The van der Waals surface area contributed by atoms with Crippen molar-refractivity contribution in [1.29, 1.82) is 5.26 Å². The summed E-state index contributed by atoms with van der Waals surface area (Å²) in [6.45, 7) is 0.0524. The van der Waals surface area contributed by atoms with E-state index < -0.39 is 11.6 Å². The molecule has 4 rings (SSSR count). The highest BCUT2D eigenvalue weighted by molar-refractivity contribution is 6.70. The number of hydrogen-bond acceptors (Lipinski definition) is 4. The Balaban J connectivity index is 1.76. The van der Waals surface area contributed by atoms with Gasteiger partial charge in [-0.1, -0.05) is 12.6 Å². The molecule has 0 radical (unpaired) electrons. The summed E-state index contributed by atoms with van der Waals surface area (Å²) in [4.78, 5) is 8.26. The molecule has 0 aliphatic carbocycles. The summed E-state index contributed by atoms with van der Waals surface area (Å²) in [5.41, 5.74) is 8.20. The number of nitrogens with zero attached hydrogens (tertiary/aromatic N) is 4. The molecule has 1 aliphatic heterocycles. The fourth-order valence-electron chi connectivity index (χ4n) is 3.45. The first-order valence-electron chi connectivity index (χ1n) is 8.59. The highest BCUT2D eigenvalue weighted by atomic mass is 19.1. The number of nitrogen functional groups attached to an aromatic ring is 1. The van der Waals surface area contributed by atoms with Gasteiger partial charge in [0, 0.05) is 42.8 Å². The van der Waals surface area contributed by atoms with Gasteiger partial charge in [-0.25, -0.2) is 19.0 Å². The number of fused-ring (bicyclic) bond motifs is 1. The van der Waals surface area contributed by atoms with E-state index in [4.69, 9.17) is 11.0 Å². The molecule has 27 heavy (non-hydrogen) atoms. The molecular formula is C19H16BF2N5. The number of aromatic nitrogens is 2. The van der Waals surface area contributed by atoms with Crippen LogP contribution in [0.2, 0.25) is 12.6 Å². The van der Waals surface area contributed by atoms with Crippen molar-refractivity contribution >= 4 is 24.3 Å². The van der Waals surface area contributed by atoms with Crippen LogP contribution in [0.3, 0.4) is 0 Å². The van der Waals surface area contributed by atoms with Crippen LogP contribution in [0.1, 0.15) is 17.2 Å². The number of anilines is 1. The molecule has 2 aromatic heterocycles. The van der Waals surface area contributed by atoms with Crippen LogP contribution in [0.15, 0.2) is 35.6 Å². The van der Waals surface area contributed by atoms with Gasteiger partial charge >= 0.3 is 0 Å². The predicted octanol–water partition coefficient (Wildman–Crippen LogP) is 3.57. The Kier molecular flexibility index (Phi) is 4.15. The molecule has 134 valence electrons. The molecule has 5 nitrogen and oxygen atoms in total. The van der Waals surface area contributed by atoms with Crippen molar-refractivity contribution in [3.8, 4) is 17.1 Å². The standard InChI is InChI=1S/C19H16BF2N5/c1-25-7-12-2-11(3-15(21)18(12)24)13-4-16(22)19-26-17(9-27(19)8-13)14-5-20(6-14)10-23/h2-4,7-9,14H,5-6,24H2,1H3. The van der Waals surface area contributed by atoms with E-state index in [1.54, 1.807) is 29.9 Å². The lowest BCUT2D eigenvalue weighted by atomic mass is 9.32. The normalized spacial score (nSPS) is 14.7. The molecule has 0 amide bonds. The van der Waals surface area contributed by atoms with Crippen LogP contribution >= 0.6 is 0 Å². The Morgan fingerprint density at radius 1 is 1.26 bits per heavy atom. The Labute approximate surface area is 155 Å². The molecule has 0 saturated carbocycles. The molecule has 0 atom stereocenters. The number of nitrogens with two attached hydrogens (primary N) is 1. The molecule has 1 aromatic carbocycles. The average Bonchev–Trinajstić information content (AvgIpc) is 3.02. The van der Waals surface area contributed by atoms with E-state index in [2.05, 4.69) is 15.9 Å². The lowest BCUT2D eigenvalue weighted by Crippen LogP contribution is -2.28. The van der Waals surface area contributed by atoms with Crippen LogP contribution in [0.5, 0.6) is 0 Å². The Morgan fingerprint density at radius 3 is 2.70 bits per heavy atom. The third-order valence-electron chi connectivity index (χ3n) is 5.03. The van der Waals surface area contributed by atoms with Crippen LogP contribution in [-0.4, -0.2) is 29.4 Å². The number of rotatable bonds is 3. The van der Waals surface area contributed by atoms with Crippen molar-refractivity contribution in [2.45, 2.75) is 18.6 Å². The average molecular weight is 363 g/mol. The SMILES string of the molecule is CN=Cc1cc(-c2cc(F)c3nc(C4CB(C#N)C4)cn3c2)cc(F)c1N. The highest BCUT2D eigenvalue weighted by Gasteiger charge is 2.35. The maximum absolute atomic E-state index is 14.6. The molecule has 0 unspecified atom stereocenters. The number of hydrogen-bond donors (Lipinski definition) is 1. The van der Waals surface area contributed by atoms with E-state index in [9.17, 15) is 8.78 Å². The van der Waals surface area contributed by atoms with E-state index in [0.29, 0.717) is 16.7 Å². The fraction of sp³-hybridized carbons (Fsp3) is 0.211. The minimum atomic E-state index is -0.578. The molecule has 0 bridgehead atoms. The second-order valence-electron chi connectivity index (χ2n) is 6.82. The van der Waals surface area contributed by atoms with Crippen molar-refractivity contribution < 1.29 is 8.78 Å². The van der Waals surface area contributed by atoms with Crippen molar-refractivity contribution in [1.82, 2.24) is 9.38 Å². The van der Waals surface area contributed by atoms with Crippen molar-refractivity contribution in [2.24, 2.45) is 4.99 Å². The van der Waals surface area contributed by atoms with Crippen LogP contribution in [0.4, 0.5) is 14.5 Å². The molecule has 0 spiro atoms. The molecule has 1 aliphatic rings. The van der Waals surface area contributed by atoms with Gasteiger partial charge < -0.3 is 10.1 Å². The van der Waals surface area contributed by atoms with E-state index in [0.717, 1.165) is 18.3 Å². The molecular weight excluding hydrogens is 347 g/mol. The minimum absolute atomic E-state index is 0.00727. The molecule has 1 fully saturated rings. The summed E-state index contributed by atoms with van der Waals surface area (Å²) in [6, 6.07) is 4.29. The van der Waals surface area contributed by atoms with E-state index in [1.807, 2.05) is 0 Å². The largest absolute Gasteiger partial charge is 0.396 e. The number of imidazole rings is 1. The summed E-state index contributed by atoms with van der Waals surface area (Å²) < 4.78 is 30.4. The number of halogens is 2. The Bertz CT molecular complexity index is 1110. The predicted molar refractivity (Wildman–Crippen MR) is 102 cm³/mol. The quantitative estimate of drug-likeness (QED) is 0.439. The van der Waals surface area contributed by atoms with Gasteiger partial charge in [0.2, 0.25) is 0 Å². The topological polar surface area (TPSA) is 79.5 Å². The van der Waals surface area contributed by atoms with E-state index >= 15 is 0 Å². The third kappa shape index (κ3) is 2.95. The molecule has 3 heterocycles. The van der Waals surface area contributed by atoms with Crippen molar-refractivity contribution in [2.75, 3.05) is 12.8 Å². The summed E-state index contributed by atoms with van der Waals surface area (Å²) >= 11 is 0. The summed E-state index contributed by atoms with van der Waals surface area (Å²) in [7, 11) is 1.57. The zero-order chi connectivity index (χ0) is 19.1. The zero-order valence-corrected chi connectivity index (χ0v) is 14.7. The molecule has 1 saturated heterocycles. The summed E-state index contributed by atoms with van der Waals surface area (Å²) in [5, 5.41) is 8.92. The van der Waals surface area contributed by atoms with E-state index in [1.165, 1.54) is 18.3 Å². The second kappa shape index (κ2) is 6.51. The van der Waals surface area contributed by atoms with Crippen LogP contribution in [0, 0.1) is 22.9 Å². The first kappa shape index (κ1) is 17.2.